The lowest BCUT2D eigenvalue weighted by atomic mass is 9.78. The summed E-state index contributed by atoms with van der Waals surface area (Å²) in [6, 6.07) is 19.1. The number of aliphatic carboxylic acids is 1. The Morgan fingerprint density at radius 1 is 0.860 bits per heavy atom. The van der Waals surface area contributed by atoms with E-state index in [1.807, 2.05) is 42.7 Å². The third-order valence-electron chi connectivity index (χ3n) is 8.54. The largest absolute Gasteiger partial charge is 0.480 e. The van der Waals surface area contributed by atoms with Crippen molar-refractivity contribution in [2.24, 2.45) is 11.8 Å². The Bertz CT molecular complexity index is 1500. The van der Waals surface area contributed by atoms with Gasteiger partial charge in [-0.05, 0) is 78.7 Å². The lowest BCUT2D eigenvalue weighted by molar-refractivity contribution is -0.139. The zero-order valence-electron chi connectivity index (χ0n) is 25.3. The fraction of sp³-hybridized carbons (Fsp3) is 0.389. The molecule has 1 aliphatic carbocycles. The highest BCUT2D eigenvalue weighted by molar-refractivity contribution is 7.14. The smallest absolute Gasteiger partial charge is 0.326 e. The first-order valence-corrected chi connectivity index (χ1v) is 16.2. The van der Waals surface area contributed by atoms with Gasteiger partial charge in [0.25, 0.3) is 5.91 Å². The van der Waals surface area contributed by atoms with Gasteiger partial charge in [-0.3, -0.25) is 4.79 Å². The van der Waals surface area contributed by atoms with Crippen LogP contribution in [0.5, 0.6) is 0 Å². The standard InChI is InChI=1S/C36H41N3O3S/c1-4-24-5-9-26(10-6-24)27-13-15-28(16-14-27)30-21-37-34(38-22-30)29-11-7-25(8-12-29)20-32(36(41)42)39-35(40)33-18-17-31(43-33)19-23(2)3/h7-8,11-18,21-24,26,32H,4-6,9-10,19-20H2,1-3H3,(H,39,40)(H,41,42)/t24?,26?,32-/m0/s1. The summed E-state index contributed by atoms with van der Waals surface area (Å²) >= 11 is 1.42. The quantitative estimate of drug-likeness (QED) is 0.182. The maximum Gasteiger partial charge on any atom is 0.326 e. The summed E-state index contributed by atoms with van der Waals surface area (Å²) in [6.07, 6.45) is 11.3. The number of carboxylic acids is 1. The number of benzene rings is 2. The van der Waals surface area contributed by atoms with Crippen LogP contribution in [0.3, 0.4) is 0 Å². The molecule has 224 valence electrons. The Kier molecular flexibility index (Phi) is 10.0. The molecule has 1 saturated carbocycles. The summed E-state index contributed by atoms with van der Waals surface area (Å²) in [6.45, 7) is 6.56. The van der Waals surface area contributed by atoms with Gasteiger partial charge in [-0.25, -0.2) is 14.8 Å². The predicted molar refractivity (Wildman–Crippen MR) is 173 cm³/mol. The molecular formula is C36H41N3O3S. The van der Waals surface area contributed by atoms with E-state index in [1.54, 1.807) is 6.07 Å². The van der Waals surface area contributed by atoms with Gasteiger partial charge in [-0.1, -0.05) is 75.7 Å². The molecule has 43 heavy (non-hydrogen) atoms. The summed E-state index contributed by atoms with van der Waals surface area (Å²) in [5, 5.41) is 12.5. The molecule has 0 saturated heterocycles. The Balaban J connectivity index is 1.18. The Morgan fingerprint density at radius 2 is 1.51 bits per heavy atom. The van der Waals surface area contributed by atoms with Crippen molar-refractivity contribution in [1.82, 2.24) is 15.3 Å². The Labute approximate surface area is 258 Å². The topological polar surface area (TPSA) is 92.2 Å². The molecule has 0 bridgehead atoms. The van der Waals surface area contributed by atoms with Gasteiger partial charge in [0, 0.05) is 34.8 Å². The SMILES string of the molecule is CCC1CCC(c2ccc(-c3cnc(-c4ccc(C[C@H](NC(=O)c5ccc(CC(C)C)s5)C(=O)O)cc4)nc3)cc2)CC1. The third kappa shape index (κ3) is 7.96. The molecule has 1 atom stereocenters. The maximum atomic E-state index is 12.7. The first-order valence-electron chi connectivity index (χ1n) is 15.4. The van der Waals surface area contributed by atoms with Crippen LogP contribution in [0.1, 0.15) is 84.5 Å². The van der Waals surface area contributed by atoms with Crippen LogP contribution < -0.4 is 5.32 Å². The molecule has 2 N–H and O–H groups in total. The number of carbonyl (C=O) groups excluding carboxylic acids is 1. The summed E-state index contributed by atoms with van der Waals surface area (Å²) in [5.41, 5.74) is 5.17. The van der Waals surface area contributed by atoms with Crippen LogP contribution in [0.2, 0.25) is 0 Å². The third-order valence-corrected chi connectivity index (χ3v) is 9.65. The van der Waals surface area contributed by atoms with Crippen LogP contribution in [0.4, 0.5) is 0 Å². The van der Waals surface area contributed by atoms with Gasteiger partial charge < -0.3 is 10.4 Å². The number of carboxylic acid groups (broad SMARTS) is 1. The van der Waals surface area contributed by atoms with Crippen molar-refractivity contribution >= 4 is 23.2 Å². The van der Waals surface area contributed by atoms with Gasteiger partial charge in [0.2, 0.25) is 0 Å². The zero-order chi connectivity index (χ0) is 30.3. The fourth-order valence-electron chi connectivity index (χ4n) is 5.95. The van der Waals surface area contributed by atoms with E-state index < -0.39 is 12.0 Å². The molecule has 1 fully saturated rings. The van der Waals surface area contributed by atoms with Gasteiger partial charge >= 0.3 is 5.97 Å². The van der Waals surface area contributed by atoms with E-state index in [4.69, 9.17) is 0 Å². The van der Waals surface area contributed by atoms with Gasteiger partial charge in [0.15, 0.2) is 5.82 Å². The summed E-state index contributed by atoms with van der Waals surface area (Å²) in [7, 11) is 0. The number of thiophene rings is 1. The van der Waals surface area contributed by atoms with Crippen LogP contribution in [-0.2, 0) is 17.6 Å². The molecule has 0 radical (unpaired) electrons. The van der Waals surface area contributed by atoms with Crippen molar-refractivity contribution in [3.63, 3.8) is 0 Å². The average Bonchev–Trinajstić information content (AvgIpc) is 3.49. The van der Waals surface area contributed by atoms with Crippen LogP contribution >= 0.6 is 11.3 Å². The summed E-state index contributed by atoms with van der Waals surface area (Å²) in [5.74, 6) is 1.25. The lowest BCUT2D eigenvalue weighted by Crippen LogP contribution is -2.42. The number of amides is 1. The molecule has 2 aromatic carbocycles. The van der Waals surface area contributed by atoms with Crippen molar-refractivity contribution in [2.45, 2.75) is 77.7 Å². The monoisotopic (exact) mass is 595 g/mol. The molecule has 2 heterocycles. The molecular weight excluding hydrogens is 554 g/mol. The number of aromatic nitrogens is 2. The van der Waals surface area contributed by atoms with Crippen LogP contribution in [0.25, 0.3) is 22.5 Å². The van der Waals surface area contributed by atoms with Crippen LogP contribution in [0, 0.1) is 11.8 Å². The second-order valence-corrected chi connectivity index (χ2v) is 13.3. The van der Waals surface area contributed by atoms with Crippen molar-refractivity contribution in [2.75, 3.05) is 0 Å². The second kappa shape index (κ2) is 14.1. The van der Waals surface area contributed by atoms with E-state index in [1.165, 1.54) is 49.0 Å². The summed E-state index contributed by atoms with van der Waals surface area (Å²) < 4.78 is 0. The van der Waals surface area contributed by atoms with E-state index >= 15 is 0 Å². The van der Waals surface area contributed by atoms with E-state index in [-0.39, 0.29) is 12.3 Å². The molecule has 1 aliphatic rings. The minimum atomic E-state index is -1.06. The van der Waals surface area contributed by atoms with Gasteiger partial charge in [0.1, 0.15) is 6.04 Å². The van der Waals surface area contributed by atoms with Gasteiger partial charge in [-0.15, -0.1) is 11.3 Å². The molecule has 0 unspecified atom stereocenters. The van der Waals surface area contributed by atoms with E-state index in [2.05, 4.69) is 60.3 Å². The van der Waals surface area contributed by atoms with Gasteiger partial charge in [-0.2, -0.15) is 0 Å². The fourth-order valence-corrected chi connectivity index (χ4v) is 7.07. The molecule has 2 aromatic heterocycles. The molecule has 1 amide bonds. The molecule has 5 rings (SSSR count). The van der Waals surface area contributed by atoms with Crippen molar-refractivity contribution in [3.8, 4) is 22.5 Å². The highest BCUT2D eigenvalue weighted by Crippen LogP contribution is 2.37. The van der Waals surface area contributed by atoms with Crippen molar-refractivity contribution < 1.29 is 14.7 Å². The van der Waals surface area contributed by atoms with Crippen molar-refractivity contribution in [1.29, 1.82) is 0 Å². The first-order chi connectivity index (χ1) is 20.8. The average molecular weight is 596 g/mol. The van der Waals surface area contributed by atoms with E-state index in [0.717, 1.165) is 39.5 Å². The highest BCUT2D eigenvalue weighted by atomic mass is 32.1. The molecule has 0 aliphatic heterocycles. The Hall–Kier alpha value is -3.84. The van der Waals surface area contributed by atoms with Crippen LogP contribution in [0.15, 0.2) is 73.1 Å². The number of nitrogens with zero attached hydrogens (tertiary/aromatic N) is 2. The van der Waals surface area contributed by atoms with E-state index in [9.17, 15) is 14.7 Å². The number of hydrogen-bond donors (Lipinski definition) is 2. The molecule has 7 heteroatoms. The molecule has 4 aromatic rings. The normalized spacial score (nSPS) is 17.5. The minimum Gasteiger partial charge on any atom is -0.480 e. The number of rotatable bonds is 11. The number of hydrogen-bond acceptors (Lipinski definition) is 5. The molecule has 0 spiro atoms. The van der Waals surface area contributed by atoms with Gasteiger partial charge in [0.05, 0.1) is 4.88 Å². The number of nitrogens with one attached hydrogen (secondary N) is 1. The Morgan fingerprint density at radius 3 is 2.12 bits per heavy atom. The maximum absolute atomic E-state index is 12.7. The highest BCUT2D eigenvalue weighted by Gasteiger charge is 2.23. The van der Waals surface area contributed by atoms with Crippen molar-refractivity contribution in [3.05, 3.63) is 93.9 Å². The predicted octanol–water partition coefficient (Wildman–Crippen LogP) is 8.18. The zero-order valence-corrected chi connectivity index (χ0v) is 26.1. The summed E-state index contributed by atoms with van der Waals surface area (Å²) in [4.78, 5) is 35.6. The minimum absolute atomic E-state index is 0.182. The second-order valence-electron chi connectivity index (χ2n) is 12.2. The molecule has 6 nitrogen and oxygen atoms in total. The van der Waals surface area contributed by atoms with E-state index in [0.29, 0.717) is 22.5 Å². The number of carbonyl (C=O) groups is 2. The lowest BCUT2D eigenvalue weighted by Gasteiger charge is -2.28. The van der Waals surface area contributed by atoms with Crippen LogP contribution in [-0.4, -0.2) is 33.0 Å². The first kappa shape index (κ1) is 30.6.